The van der Waals surface area contributed by atoms with E-state index >= 15 is 0 Å². The van der Waals surface area contributed by atoms with Crippen LogP contribution in [0.15, 0.2) is 30.3 Å². The van der Waals surface area contributed by atoms with E-state index in [1.165, 1.54) is 18.4 Å². The quantitative estimate of drug-likeness (QED) is 0.652. The maximum absolute atomic E-state index is 11.9. The van der Waals surface area contributed by atoms with Gasteiger partial charge in [-0.15, -0.1) is 0 Å². The van der Waals surface area contributed by atoms with Crippen LogP contribution in [0.3, 0.4) is 0 Å². The van der Waals surface area contributed by atoms with Crippen LogP contribution in [0.1, 0.15) is 50.5 Å². The molecular formula is C19H31N3O. The first-order valence-electron chi connectivity index (χ1n) is 9.04. The molecule has 0 radical (unpaired) electrons. The molecule has 0 aromatic heterocycles. The van der Waals surface area contributed by atoms with Crippen molar-refractivity contribution in [1.29, 1.82) is 0 Å². The molecule has 1 unspecified atom stereocenters. The third kappa shape index (κ3) is 6.71. The highest BCUT2D eigenvalue weighted by molar-refractivity contribution is 5.75. The van der Waals surface area contributed by atoms with Crippen LogP contribution in [0, 0.1) is 0 Å². The molecule has 128 valence electrons. The number of hydrogen-bond acceptors (Lipinski definition) is 3. The van der Waals surface area contributed by atoms with Gasteiger partial charge in [0.05, 0.1) is 0 Å². The van der Waals surface area contributed by atoms with Crippen LogP contribution in [0.4, 0.5) is 0 Å². The highest BCUT2D eigenvalue weighted by Crippen LogP contribution is 2.19. The lowest BCUT2D eigenvalue weighted by atomic mass is 10.1. The van der Waals surface area contributed by atoms with Crippen LogP contribution in [0.25, 0.3) is 0 Å². The molecule has 0 aliphatic carbocycles. The Bertz CT molecular complexity index is 449. The molecule has 0 bridgehead atoms. The molecule has 1 aliphatic rings. The zero-order chi connectivity index (χ0) is 16.3. The van der Waals surface area contributed by atoms with E-state index < -0.39 is 0 Å². The first kappa shape index (κ1) is 18.0. The maximum atomic E-state index is 11.9. The molecule has 1 amide bonds. The van der Waals surface area contributed by atoms with E-state index in [4.69, 9.17) is 5.73 Å². The number of nitrogens with two attached hydrogens (primary N) is 1. The van der Waals surface area contributed by atoms with E-state index in [0.29, 0.717) is 12.5 Å². The number of carbonyl (C=O) groups excluding carboxylic acids is 1. The molecule has 1 aromatic carbocycles. The highest BCUT2D eigenvalue weighted by Gasteiger charge is 2.24. The minimum absolute atomic E-state index is 0.198. The molecule has 0 saturated carbocycles. The van der Waals surface area contributed by atoms with Crippen LogP contribution in [-0.4, -0.2) is 36.5 Å². The molecule has 0 spiro atoms. The van der Waals surface area contributed by atoms with E-state index in [-0.39, 0.29) is 5.91 Å². The highest BCUT2D eigenvalue weighted by atomic mass is 16.1. The molecule has 1 fully saturated rings. The van der Waals surface area contributed by atoms with Gasteiger partial charge >= 0.3 is 0 Å². The first-order chi connectivity index (χ1) is 11.3. The lowest BCUT2D eigenvalue weighted by molar-refractivity contribution is -0.121. The molecule has 1 aromatic rings. The fourth-order valence-corrected chi connectivity index (χ4v) is 3.26. The van der Waals surface area contributed by atoms with Crippen molar-refractivity contribution in [1.82, 2.24) is 10.2 Å². The molecule has 2 rings (SSSR count). The molecular weight excluding hydrogens is 286 g/mol. The van der Waals surface area contributed by atoms with Gasteiger partial charge in [-0.1, -0.05) is 43.2 Å². The predicted octanol–water partition coefficient (Wildman–Crippen LogP) is 2.68. The van der Waals surface area contributed by atoms with E-state index in [1.54, 1.807) is 0 Å². The molecule has 1 heterocycles. The largest absolute Gasteiger partial charge is 0.355 e. The van der Waals surface area contributed by atoms with Gasteiger partial charge in [-0.3, -0.25) is 9.69 Å². The van der Waals surface area contributed by atoms with E-state index in [2.05, 4.69) is 40.5 Å². The topological polar surface area (TPSA) is 58.4 Å². The Morgan fingerprint density at radius 1 is 1.17 bits per heavy atom. The maximum Gasteiger partial charge on any atom is 0.220 e. The van der Waals surface area contributed by atoms with Gasteiger partial charge in [0.25, 0.3) is 0 Å². The number of carbonyl (C=O) groups is 1. The predicted molar refractivity (Wildman–Crippen MR) is 95.0 cm³/mol. The van der Waals surface area contributed by atoms with Gasteiger partial charge in [0.15, 0.2) is 0 Å². The average molecular weight is 317 g/mol. The van der Waals surface area contributed by atoms with Crippen molar-refractivity contribution in [2.75, 3.05) is 19.6 Å². The monoisotopic (exact) mass is 317 g/mol. The summed E-state index contributed by atoms with van der Waals surface area (Å²) in [5.41, 5.74) is 6.82. The van der Waals surface area contributed by atoms with Crippen LogP contribution in [0.2, 0.25) is 0 Å². The van der Waals surface area contributed by atoms with E-state index in [0.717, 1.165) is 51.9 Å². The number of benzene rings is 1. The molecule has 4 heteroatoms. The summed E-state index contributed by atoms with van der Waals surface area (Å²) in [7, 11) is 0. The number of nitrogens with one attached hydrogen (secondary N) is 1. The van der Waals surface area contributed by atoms with Gasteiger partial charge in [0.2, 0.25) is 5.91 Å². The minimum atomic E-state index is 0.198. The lowest BCUT2D eigenvalue weighted by Gasteiger charge is -2.24. The molecule has 3 N–H and O–H groups in total. The standard InChI is InChI=1S/C19H31N3O/c20-13-7-2-1-6-12-19(23)21-15-18-11-8-14-22(18)16-17-9-4-3-5-10-17/h3-5,9-10,18H,1-2,6-8,11-16,20H2,(H,21,23). The van der Waals surface area contributed by atoms with Crippen LogP contribution in [0.5, 0.6) is 0 Å². The van der Waals surface area contributed by atoms with Gasteiger partial charge in [-0.05, 0) is 44.3 Å². The van der Waals surface area contributed by atoms with Crippen molar-refractivity contribution in [2.45, 2.75) is 57.5 Å². The van der Waals surface area contributed by atoms with Crippen molar-refractivity contribution >= 4 is 5.91 Å². The van der Waals surface area contributed by atoms with Gasteiger partial charge in [0.1, 0.15) is 0 Å². The Hall–Kier alpha value is -1.39. The second-order valence-corrected chi connectivity index (χ2v) is 6.51. The summed E-state index contributed by atoms with van der Waals surface area (Å²) >= 11 is 0. The summed E-state index contributed by atoms with van der Waals surface area (Å²) in [6.45, 7) is 3.66. The Kier molecular flexibility index (Phi) is 8.12. The van der Waals surface area contributed by atoms with Crippen LogP contribution >= 0.6 is 0 Å². The molecule has 1 saturated heterocycles. The fourth-order valence-electron chi connectivity index (χ4n) is 3.26. The summed E-state index contributed by atoms with van der Waals surface area (Å²) in [5, 5.41) is 3.13. The molecule has 4 nitrogen and oxygen atoms in total. The van der Waals surface area contributed by atoms with Crippen molar-refractivity contribution in [3.63, 3.8) is 0 Å². The lowest BCUT2D eigenvalue weighted by Crippen LogP contribution is -2.39. The fraction of sp³-hybridized carbons (Fsp3) is 0.632. The second kappa shape index (κ2) is 10.4. The van der Waals surface area contributed by atoms with Crippen LogP contribution in [-0.2, 0) is 11.3 Å². The summed E-state index contributed by atoms with van der Waals surface area (Å²) in [6.07, 6.45) is 7.35. The Morgan fingerprint density at radius 3 is 2.74 bits per heavy atom. The van der Waals surface area contributed by atoms with Crippen molar-refractivity contribution < 1.29 is 4.79 Å². The number of unbranched alkanes of at least 4 members (excludes halogenated alkanes) is 3. The Balaban J connectivity index is 1.65. The number of hydrogen-bond donors (Lipinski definition) is 2. The smallest absolute Gasteiger partial charge is 0.220 e. The third-order valence-electron chi connectivity index (χ3n) is 4.62. The SMILES string of the molecule is NCCCCCCC(=O)NCC1CCCN1Cc1ccccc1. The summed E-state index contributed by atoms with van der Waals surface area (Å²) in [6, 6.07) is 11.1. The zero-order valence-corrected chi connectivity index (χ0v) is 14.2. The molecule has 23 heavy (non-hydrogen) atoms. The number of amides is 1. The summed E-state index contributed by atoms with van der Waals surface area (Å²) < 4.78 is 0. The summed E-state index contributed by atoms with van der Waals surface area (Å²) in [5.74, 6) is 0.198. The Labute approximate surface area is 140 Å². The number of rotatable bonds is 10. The molecule has 1 atom stereocenters. The van der Waals surface area contributed by atoms with Gasteiger partial charge in [-0.2, -0.15) is 0 Å². The number of likely N-dealkylation sites (tertiary alicyclic amines) is 1. The van der Waals surface area contributed by atoms with E-state index in [9.17, 15) is 4.79 Å². The van der Waals surface area contributed by atoms with Crippen molar-refractivity contribution in [3.8, 4) is 0 Å². The molecule has 1 aliphatic heterocycles. The van der Waals surface area contributed by atoms with Gasteiger partial charge in [0, 0.05) is 25.6 Å². The normalized spacial score (nSPS) is 18.2. The average Bonchev–Trinajstić information content (AvgIpc) is 3.01. The summed E-state index contributed by atoms with van der Waals surface area (Å²) in [4.78, 5) is 14.4. The van der Waals surface area contributed by atoms with Crippen molar-refractivity contribution in [2.24, 2.45) is 5.73 Å². The van der Waals surface area contributed by atoms with Gasteiger partial charge in [-0.25, -0.2) is 0 Å². The van der Waals surface area contributed by atoms with Crippen LogP contribution < -0.4 is 11.1 Å². The second-order valence-electron chi connectivity index (χ2n) is 6.51. The third-order valence-corrected chi connectivity index (χ3v) is 4.62. The zero-order valence-electron chi connectivity index (χ0n) is 14.2. The van der Waals surface area contributed by atoms with Crippen molar-refractivity contribution in [3.05, 3.63) is 35.9 Å². The first-order valence-corrected chi connectivity index (χ1v) is 9.04. The van der Waals surface area contributed by atoms with E-state index in [1.807, 2.05) is 0 Å². The number of nitrogens with zero attached hydrogens (tertiary/aromatic N) is 1. The minimum Gasteiger partial charge on any atom is -0.355 e. The Morgan fingerprint density at radius 2 is 1.96 bits per heavy atom. The van der Waals surface area contributed by atoms with Gasteiger partial charge < -0.3 is 11.1 Å².